The molecule has 120 valence electrons. The number of aliphatic hydroxyl groups is 1. The Balaban J connectivity index is 2.22. The zero-order chi connectivity index (χ0) is 15.7. The third-order valence-electron chi connectivity index (χ3n) is 3.96. The molecule has 4 heteroatoms. The van der Waals surface area contributed by atoms with Gasteiger partial charge in [0, 0.05) is 18.2 Å². The minimum absolute atomic E-state index is 0.186. The quantitative estimate of drug-likeness (QED) is 0.697. The summed E-state index contributed by atoms with van der Waals surface area (Å²) in [5, 5.41) is 13.2. The summed E-state index contributed by atoms with van der Waals surface area (Å²) in [6.45, 7) is 7.39. The van der Waals surface area contributed by atoms with Gasteiger partial charge in [0.1, 0.15) is 5.82 Å². The molecule has 0 aromatic heterocycles. The highest BCUT2D eigenvalue weighted by atomic mass is 19.1. The van der Waals surface area contributed by atoms with Crippen LogP contribution in [-0.2, 0) is 11.3 Å². The van der Waals surface area contributed by atoms with Gasteiger partial charge in [0.25, 0.3) is 0 Å². The molecule has 1 aromatic carbocycles. The fraction of sp³-hybridized carbons (Fsp3) is 0.647. The van der Waals surface area contributed by atoms with Crippen molar-refractivity contribution in [2.24, 2.45) is 5.92 Å². The Hall–Kier alpha value is -0.970. The Morgan fingerprint density at radius 3 is 2.52 bits per heavy atom. The molecule has 0 aliphatic carbocycles. The topological polar surface area (TPSA) is 41.5 Å². The predicted molar refractivity (Wildman–Crippen MR) is 83.6 cm³/mol. The minimum Gasteiger partial charge on any atom is -0.389 e. The Bertz CT molecular complexity index is 396. The highest BCUT2D eigenvalue weighted by Crippen LogP contribution is 2.12. The van der Waals surface area contributed by atoms with Crippen LogP contribution in [0, 0.1) is 11.7 Å². The van der Waals surface area contributed by atoms with Gasteiger partial charge >= 0.3 is 0 Å². The molecule has 0 amide bonds. The lowest BCUT2D eigenvalue weighted by Crippen LogP contribution is -2.39. The summed E-state index contributed by atoms with van der Waals surface area (Å²) in [6, 6.07) is 6.90. The van der Waals surface area contributed by atoms with Crippen molar-refractivity contribution < 1.29 is 14.2 Å². The van der Waals surface area contributed by atoms with Crippen LogP contribution in [0.1, 0.15) is 39.2 Å². The van der Waals surface area contributed by atoms with Crippen molar-refractivity contribution in [2.75, 3.05) is 13.2 Å². The van der Waals surface area contributed by atoms with Crippen molar-refractivity contribution in [1.29, 1.82) is 0 Å². The number of benzene rings is 1. The van der Waals surface area contributed by atoms with E-state index in [2.05, 4.69) is 26.1 Å². The van der Waals surface area contributed by atoms with Gasteiger partial charge in [-0.2, -0.15) is 0 Å². The molecule has 2 N–H and O–H groups in total. The molecule has 0 fully saturated rings. The largest absolute Gasteiger partial charge is 0.389 e. The van der Waals surface area contributed by atoms with E-state index in [4.69, 9.17) is 4.74 Å². The normalized spacial score (nSPS) is 14.4. The van der Waals surface area contributed by atoms with E-state index in [1.165, 1.54) is 6.07 Å². The van der Waals surface area contributed by atoms with Crippen LogP contribution in [0.15, 0.2) is 24.3 Å². The minimum atomic E-state index is -0.575. The first-order valence-corrected chi connectivity index (χ1v) is 7.81. The lowest BCUT2D eigenvalue weighted by molar-refractivity contribution is 0.0259. The third kappa shape index (κ3) is 6.55. The average Bonchev–Trinajstić information content (AvgIpc) is 2.48. The highest BCUT2D eigenvalue weighted by molar-refractivity contribution is 5.16. The molecule has 0 aliphatic heterocycles. The summed E-state index contributed by atoms with van der Waals surface area (Å²) in [5.74, 6) is 0.351. The van der Waals surface area contributed by atoms with E-state index in [1.807, 2.05) is 0 Å². The van der Waals surface area contributed by atoms with Gasteiger partial charge in [0.2, 0.25) is 0 Å². The van der Waals surface area contributed by atoms with E-state index < -0.39 is 6.10 Å². The highest BCUT2D eigenvalue weighted by Gasteiger charge is 2.14. The van der Waals surface area contributed by atoms with Gasteiger partial charge < -0.3 is 15.2 Å². The maximum absolute atomic E-state index is 13.4. The van der Waals surface area contributed by atoms with Crippen molar-refractivity contribution in [3.63, 3.8) is 0 Å². The molecule has 21 heavy (non-hydrogen) atoms. The van der Waals surface area contributed by atoms with Gasteiger partial charge in [-0.3, -0.25) is 0 Å². The number of ether oxygens (including phenoxy) is 1. The molecule has 2 atom stereocenters. The molecule has 0 saturated carbocycles. The fourth-order valence-corrected chi connectivity index (χ4v) is 2.46. The number of aliphatic hydroxyl groups excluding tert-OH is 1. The van der Waals surface area contributed by atoms with Crippen LogP contribution < -0.4 is 5.32 Å². The van der Waals surface area contributed by atoms with Crippen LogP contribution in [0.3, 0.4) is 0 Å². The lowest BCUT2D eigenvalue weighted by atomic mass is 9.95. The summed E-state index contributed by atoms with van der Waals surface area (Å²) in [7, 11) is 0. The van der Waals surface area contributed by atoms with Gasteiger partial charge in [-0.1, -0.05) is 44.9 Å². The van der Waals surface area contributed by atoms with Gasteiger partial charge in [0.15, 0.2) is 0 Å². The van der Waals surface area contributed by atoms with E-state index in [9.17, 15) is 9.50 Å². The third-order valence-corrected chi connectivity index (χ3v) is 3.96. The molecule has 0 spiro atoms. The smallest absolute Gasteiger partial charge is 0.128 e. The number of hydrogen-bond donors (Lipinski definition) is 2. The van der Waals surface area contributed by atoms with E-state index in [-0.39, 0.29) is 19.0 Å². The zero-order valence-corrected chi connectivity index (χ0v) is 13.3. The van der Waals surface area contributed by atoms with E-state index in [0.717, 1.165) is 12.8 Å². The van der Waals surface area contributed by atoms with Crippen LogP contribution in [0.5, 0.6) is 0 Å². The molecule has 0 bridgehead atoms. The summed E-state index contributed by atoms with van der Waals surface area (Å²) < 4.78 is 18.8. The van der Waals surface area contributed by atoms with E-state index in [0.29, 0.717) is 24.1 Å². The average molecular weight is 297 g/mol. The lowest BCUT2D eigenvalue weighted by Gasteiger charge is -2.24. The summed E-state index contributed by atoms with van der Waals surface area (Å²) in [6.07, 6.45) is 1.68. The van der Waals surface area contributed by atoms with Crippen LogP contribution >= 0.6 is 0 Å². The zero-order valence-electron chi connectivity index (χ0n) is 13.3. The van der Waals surface area contributed by atoms with Gasteiger partial charge in [-0.15, -0.1) is 0 Å². The Morgan fingerprint density at radius 1 is 1.24 bits per heavy atom. The van der Waals surface area contributed by atoms with E-state index in [1.54, 1.807) is 18.2 Å². The van der Waals surface area contributed by atoms with Crippen molar-refractivity contribution in [3.8, 4) is 0 Å². The monoisotopic (exact) mass is 297 g/mol. The first kappa shape index (κ1) is 18.1. The summed E-state index contributed by atoms with van der Waals surface area (Å²) >= 11 is 0. The van der Waals surface area contributed by atoms with Crippen molar-refractivity contribution in [2.45, 2.75) is 52.4 Å². The molecule has 2 unspecified atom stereocenters. The molecule has 0 aliphatic rings. The number of hydrogen-bond acceptors (Lipinski definition) is 3. The molecule has 3 nitrogen and oxygen atoms in total. The Labute approximate surface area is 127 Å². The molecule has 0 radical (unpaired) electrons. The second-order valence-electron chi connectivity index (χ2n) is 5.53. The second-order valence-corrected chi connectivity index (χ2v) is 5.53. The first-order valence-electron chi connectivity index (χ1n) is 7.81. The standard InChI is InChI=1S/C17H28FNO2/c1-4-14(5-2)13(3)19-10-16(20)12-21-11-15-8-6-7-9-17(15)18/h6-9,13-14,16,19-20H,4-5,10-12H2,1-3H3. The fourth-order valence-electron chi connectivity index (χ4n) is 2.46. The number of nitrogens with one attached hydrogen (secondary N) is 1. The molecule has 1 aromatic rings. The number of halogens is 1. The van der Waals surface area contributed by atoms with E-state index >= 15 is 0 Å². The van der Waals surface area contributed by atoms with Crippen molar-refractivity contribution in [1.82, 2.24) is 5.32 Å². The molecular formula is C17H28FNO2. The SMILES string of the molecule is CCC(CC)C(C)NCC(O)COCc1ccccc1F. The molecule has 0 saturated heterocycles. The van der Waals surface area contributed by atoms with Crippen LogP contribution in [0.2, 0.25) is 0 Å². The Kier molecular flexibility index (Phi) is 8.50. The second kappa shape index (κ2) is 9.87. The van der Waals surface area contributed by atoms with Gasteiger partial charge in [-0.05, 0) is 18.9 Å². The van der Waals surface area contributed by atoms with Crippen molar-refractivity contribution in [3.05, 3.63) is 35.6 Å². The van der Waals surface area contributed by atoms with Crippen LogP contribution in [0.25, 0.3) is 0 Å². The summed E-state index contributed by atoms with van der Waals surface area (Å²) in [5.41, 5.74) is 0.517. The van der Waals surface area contributed by atoms with Gasteiger partial charge in [0.05, 0.1) is 19.3 Å². The number of rotatable bonds is 10. The molecular weight excluding hydrogens is 269 g/mol. The van der Waals surface area contributed by atoms with Crippen LogP contribution in [0.4, 0.5) is 4.39 Å². The summed E-state index contributed by atoms with van der Waals surface area (Å²) in [4.78, 5) is 0. The molecule has 1 rings (SSSR count). The maximum atomic E-state index is 13.4. The Morgan fingerprint density at radius 2 is 1.90 bits per heavy atom. The van der Waals surface area contributed by atoms with Gasteiger partial charge in [-0.25, -0.2) is 4.39 Å². The maximum Gasteiger partial charge on any atom is 0.128 e. The predicted octanol–water partition coefficient (Wildman–Crippen LogP) is 3.12. The molecule has 0 heterocycles. The van der Waals surface area contributed by atoms with Crippen molar-refractivity contribution >= 4 is 0 Å². The first-order chi connectivity index (χ1) is 10.1. The van der Waals surface area contributed by atoms with Crippen LogP contribution in [-0.4, -0.2) is 30.4 Å².